The zero-order valence-corrected chi connectivity index (χ0v) is 18.2. The number of hydrogen-bond donors (Lipinski definition) is 1. The van der Waals surface area contributed by atoms with Gasteiger partial charge in [0.2, 0.25) is 5.91 Å². The Labute approximate surface area is 190 Å². The Morgan fingerprint density at radius 2 is 1.88 bits per heavy atom. The number of carbonyl (C=O) groups excluding carboxylic acids is 1. The summed E-state index contributed by atoms with van der Waals surface area (Å²) in [4.78, 5) is 14.4. The van der Waals surface area contributed by atoms with Crippen molar-refractivity contribution in [3.63, 3.8) is 0 Å². The van der Waals surface area contributed by atoms with Gasteiger partial charge in [-0.1, -0.05) is 18.2 Å². The number of hydrogen-bond acceptors (Lipinski definition) is 4. The lowest BCUT2D eigenvalue weighted by molar-refractivity contribution is -0.141. The van der Waals surface area contributed by atoms with Crippen molar-refractivity contribution in [1.29, 1.82) is 0 Å². The third kappa shape index (κ3) is 5.54. The highest BCUT2D eigenvalue weighted by molar-refractivity contribution is 5.82. The molecule has 9 heteroatoms. The van der Waals surface area contributed by atoms with Crippen LogP contribution in [-0.2, 0) is 11.3 Å². The Hall–Kier alpha value is -3.33. The minimum atomic E-state index is -4.43. The Kier molecular flexibility index (Phi) is 6.69. The van der Waals surface area contributed by atoms with Crippen LogP contribution in [0, 0.1) is 0 Å². The van der Waals surface area contributed by atoms with Crippen LogP contribution in [0.3, 0.4) is 0 Å². The number of carbonyl (C=O) groups is 1. The summed E-state index contributed by atoms with van der Waals surface area (Å²) in [6.45, 7) is -0.291. The molecule has 4 rings (SSSR count). The standard InChI is InChI=1S/C24H25F3N4O2/c1-33-20-11-9-17(10-12-20)22-18(15-31(29-22)19-6-3-2-4-7-19)14-30-13-5-8-21(30)23(32)28-16-24(25,26)27/h2-4,6-7,9-12,15,21H,5,8,13-14,16H2,1H3,(H,28,32). The smallest absolute Gasteiger partial charge is 0.405 e. The topological polar surface area (TPSA) is 59.4 Å². The number of nitrogens with zero attached hydrogens (tertiary/aromatic N) is 3. The van der Waals surface area contributed by atoms with Gasteiger partial charge in [-0.2, -0.15) is 18.3 Å². The second kappa shape index (κ2) is 9.66. The van der Waals surface area contributed by atoms with E-state index in [2.05, 4.69) is 0 Å². The van der Waals surface area contributed by atoms with Crippen LogP contribution in [0.25, 0.3) is 16.9 Å². The maximum Gasteiger partial charge on any atom is 0.405 e. The van der Waals surface area contributed by atoms with Gasteiger partial charge in [-0.15, -0.1) is 0 Å². The lowest BCUT2D eigenvalue weighted by Crippen LogP contribution is -2.45. The lowest BCUT2D eigenvalue weighted by Gasteiger charge is -2.24. The molecule has 1 atom stereocenters. The van der Waals surface area contributed by atoms with Gasteiger partial charge in [0.25, 0.3) is 0 Å². The van der Waals surface area contributed by atoms with Crippen LogP contribution in [0.2, 0.25) is 0 Å². The van der Waals surface area contributed by atoms with Gasteiger partial charge >= 0.3 is 6.18 Å². The molecule has 2 aromatic carbocycles. The van der Waals surface area contributed by atoms with Crippen molar-refractivity contribution in [3.8, 4) is 22.7 Å². The minimum absolute atomic E-state index is 0.401. The summed E-state index contributed by atoms with van der Waals surface area (Å²) < 4.78 is 44.7. The van der Waals surface area contributed by atoms with Crippen LogP contribution in [0.4, 0.5) is 13.2 Å². The predicted molar refractivity (Wildman–Crippen MR) is 118 cm³/mol. The van der Waals surface area contributed by atoms with Gasteiger partial charge in [0.05, 0.1) is 24.5 Å². The molecule has 0 aliphatic carbocycles. The average molecular weight is 458 g/mol. The molecule has 1 amide bonds. The van der Waals surface area contributed by atoms with Crippen molar-refractivity contribution in [3.05, 3.63) is 66.4 Å². The molecule has 1 aliphatic heterocycles. The first-order valence-corrected chi connectivity index (χ1v) is 10.7. The second-order valence-corrected chi connectivity index (χ2v) is 7.97. The van der Waals surface area contributed by atoms with Crippen LogP contribution in [0.15, 0.2) is 60.8 Å². The molecule has 174 valence electrons. The van der Waals surface area contributed by atoms with Gasteiger partial charge in [-0.05, 0) is 55.8 Å². The third-order valence-corrected chi connectivity index (χ3v) is 5.68. The molecule has 3 aromatic rings. The highest BCUT2D eigenvalue weighted by Crippen LogP contribution is 2.29. The fourth-order valence-corrected chi connectivity index (χ4v) is 4.07. The Balaban J connectivity index is 1.61. The number of rotatable bonds is 7. The second-order valence-electron chi connectivity index (χ2n) is 7.97. The predicted octanol–water partition coefficient (Wildman–Crippen LogP) is 4.19. The summed E-state index contributed by atoms with van der Waals surface area (Å²) in [5.74, 6) is 0.134. The number of alkyl halides is 3. The van der Waals surface area contributed by atoms with E-state index in [0.29, 0.717) is 19.5 Å². The Morgan fingerprint density at radius 3 is 2.55 bits per heavy atom. The molecule has 0 saturated carbocycles. The minimum Gasteiger partial charge on any atom is -0.497 e. The molecule has 6 nitrogen and oxygen atoms in total. The monoisotopic (exact) mass is 458 g/mol. The van der Waals surface area contributed by atoms with Crippen LogP contribution in [0.1, 0.15) is 18.4 Å². The van der Waals surface area contributed by atoms with Crippen LogP contribution < -0.4 is 10.1 Å². The van der Waals surface area contributed by atoms with E-state index in [0.717, 1.165) is 34.7 Å². The van der Waals surface area contributed by atoms with Crippen molar-refractivity contribution >= 4 is 5.91 Å². The summed E-state index contributed by atoms with van der Waals surface area (Å²) in [5, 5.41) is 6.82. The summed E-state index contributed by atoms with van der Waals surface area (Å²) in [6, 6.07) is 16.6. The summed E-state index contributed by atoms with van der Waals surface area (Å²) in [6.07, 6.45) is -1.25. The molecule has 2 heterocycles. The summed E-state index contributed by atoms with van der Waals surface area (Å²) in [7, 11) is 1.60. The molecule has 0 bridgehead atoms. The summed E-state index contributed by atoms with van der Waals surface area (Å²) >= 11 is 0. The van der Waals surface area contributed by atoms with E-state index in [1.165, 1.54) is 0 Å². The number of aromatic nitrogens is 2. The van der Waals surface area contributed by atoms with Crippen molar-refractivity contribution in [2.24, 2.45) is 0 Å². The first kappa shape index (κ1) is 22.8. The summed E-state index contributed by atoms with van der Waals surface area (Å²) in [5.41, 5.74) is 3.42. The first-order chi connectivity index (χ1) is 15.8. The van der Waals surface area contributed by atoms with E-state index in [-0.39, 0.29) is 0 Å². The van der Waals surface area contributed by atoms with E-state index in [1.807, 2.05) is 71.0 Å². The molecular weight excluding hydrogens is 433 g/mol. The maximum atomic E-state index is 12.6. The van der Waals surface area contributed by atoms with Gasteiger partial charge in [0.15, 0.2) is 0 Å². The number of ether oxygens (including phenoxy) is 1. The SMILES string of the molecule is COc1ccc(-c2nn(-c3ccccc3)cc2CN2CCCC2C(=O)NCC(F)(F)F)cc1. The highest BCUT2D eigenvalue weighted by Gasteiger charge is 2.34. The number of benzene rings is 2. The lowest BCUT2D eigenvalue weighted by atomic mass is 10.1. The van der Waals surface area contributed by atoms with Crippen LogP contribution in [-0.4, -0.2) is 53.0 Å². The normalized spacial score (nSPS) is 16.7. The van der Waals surface area contributed by atoms with Crippen molar-refractivity contribution in [2.75, 3.05) is 20.2 Å². The quantitative estimate of drug-likeness (QED) is 0.577. The number of nitrogens with one attached hydrogen (secondary N) is 1. The van der Waals surface area contributed by atoms with Crippen LogP contribution in [0.5, 0.6) is 5.75 Å². The van der Waals surface area contributed by atoms with Gasteiger partial charge in [0, 0.05) is 23.9 Å². The van der Waals surface area contributed by atoms with E-state index in [1.54, 1.807) is 11.8 Å². The van der Waals surface area contributed by atoms with Crippen LogP contribution >= 0.6 is 0 Å². The number of halogens is 3. The highest BCUT2D eigenvalue weighted by atomic mass is 19.4. The molecule has 0 radical (unpaired) electrons. The Bertz CT molecular complexity index is 1080. The Morgan fingerprint density at radius 1 is 1.15 bits per heavy atom. The number of amides is 1. The number of methoxy groups -OCH3 is 1. The molecule has 1 N–H and O–H groups in total. The zero-order chi connectivity index (χ0) is 23.4. The van der Waals surface area contributed by atoms with Crippen molar-refractivity contribution in [2.45, 2.75) is 31.6 Å². The fraction of sp³-hybridized carbons (Fsp3) is 0.333. The van der Waals surface area contributed by atoms with Gasteiger partial charge in [0.1, 0.15) is 12.3 Å². The molecule has 0 spiro atoms. The van der Waals surface area contributed by atoms with E-state index in [9.17, 15) is 18.0 Å². The number of para-hydroxylation sites is 1. The van der Waals surface area contributed by atoms with Gasteiger partial charge in [-0.25, -0.2) is 4.68 Å². The zero-order valence-electron chi connectivity index (χ0n) is 18.2. The van der Waals surface area contributed by atoms with Gasteiger partial charge < -0.3 is 10.1 Å². The number of likely N-dealkylation sites (tertiary alicyclic amines) is 1. The molecule has 1 saturated heterocycles. The fourth-order valence-electron chi connectivity index (χ4n) is 4.07. The average Bonchev–Trinajstić information content (AvgIpc) is 3.45. The molecule has 1 aromatic heterocycles. The third-order valence-electron chi connectivity index (χ3n) is 5.68. The van der Waals surface area contributed by atoms with Crippen molar-refractivity contribution in [1.82, 2.24) is 20.0 Å². The first-order valence-electron chi connectivity index (χ1n) is 10.7. The van der Waals surface area contributed by atoms with E-state index in [4.69, 9.17) is 9.84 Å². The maximum absolute atomic E-state index is 12.6. The molecule has 1 unspecified atom stereocenters. The molecular formula is C24H25F3N4O2. The van der Waals surface area contributed by atoms with E-state index < -0.39 is 24.7 Å². The van der Waals surface area contributed by atoms with Crippen molar-refractivity contribution < 1.29 is 22.7 Å². The molecule has 1 aliphatic rings. The largest absolute Gasteiger partial charge is 0.497 e. The van der Waals surface area contributed by atoms with E-state index >= 15 is 0 Å². The molecule has 33 heavy (non-hydrogen) atoms. The van der Waals surface area contributed by atoms with Gasteiger partial charge in [-0.3, -0.25) is 9.69 Å². The molecule has 1 fully saturated rings.